The van der Waals surface area contributed by atoms with Crippen molar-refractivity contribution in [1.82, 2.24) is 9.80 Å². The molecular weight excluding hydrogens is 320 g/mol. The van der Waals surface area contributed by atoms with Gasteiger partial charge in [0.05, 0.1) is 23.8 Å². The topological polar surface area (TPSA) is 63.0 Å². The van der Waals surface area contributed by atoms with Crippen molar-refractivity contribution in [2.75, 3.05) is 32.8 Å². The minimum absolute atomic E-state index is 0.0172. The molecule has 25 heavy (non-hydrogen) atoms. The third-order valence-corrected chi connectivity index (χ3v) is 5.68. The minimum atomic E-state index is -0.494. The first kappa shape index (κ1) is 18.0. The molecule has 138 valence electrons. The van der Waals surface area contributed by atoms with E-state index in [1.54, 1.807) is 6.07 Å². The molecule has 0 unspecified atom stereocenters. The molecule has 0 bridgehead atoms. The van der Waals surface area contributed by atoms with Crippen molar-refractivity contribution < 1.29 is 18.7 Å². The third-order valence-electron chi connectivity index (χ3n) is 5.68. The summed E-state index contributed by atoms with van der Waals surface area (Å²) in [4.78, 5) is 29.8. The molecule has 2 saturated heterocycles. The molecule has 2 aliphatic heterocycles. The maximum Gasteiger partial charge on any atom is 0.313 e. The molecule has 0 radical (unpaired) electrons. The maximum absolute atomic E-state index is 12.9. The first-order valence-electron chi connectivity index (χ1n) is 9.20. The average Bonchev–Trinajstić information content (AvgIpc) is 3.19. The zero-order valence-corrected chi connectivity index (χ0v) is 15.4. The van der Waals surface area contributed by atoms with Crippen LogP contribution in [0.15, 0.2) is 23.0 Å². The molecule has 0 saturated carbocycles. The minimum Gasteiger partial charge on any atom is -0.472 e. The van der Waals surface area contributed by atoms with E-state index in [2.05, 4.69) is 18.7 Å². The first-order valence-corrected chi connectivity index (χ1v) is 9.20. The molecule has 2 fully saturated rings. The van der Waals surface area contributed by atoms with Gasteiger partial charge in [-0.1, -0.05) is 0 Å². The molecular formula is C19H28N2O4. The van der Waals surface area contributed by atoms with Gasteiger partial charge in [-0.3, -0.25) is 14.5 Å². The summed E-state index contributed by atoms with van der Waals surface area (Å²) >= 11 is 0. The molecule has 6 heteroatoms. The largest absolute Gasteiger partial charge is 0.472 e. The van der Waals surface area contributed by atoms with Gasteiger partial charge in [-0.05, 0) is 39.7 Å². The predicted molar refractivity (Wildman–Crippen MR) is 93.1 cm³/mol. The summed E-state index contributed by atoms with van der Waals surface area (Å²) < 4.78 is 10.5. The van der Waals surface area contributed by atoms with Crippen molar-refractivity contribution in [3.63, 3.8) is 0 Å². The van der Waals surface area contributed by atoms with Crippen LogP contribution in [0.1, 0.15) is 44.0 Å². The van der Waals surface area contributed by atoms with Gasteiger partial charge in [-0.2, -0.15) is 0 Å². The molecule has 2 atom stereocenters. The van der Waals surface area contributed by atoms with Crippen LogP contribution >= 0.6 is 0 Å². The van der Waals surface area contributed by atoms with Crippen LogP contribution in [0.25, 0.3) is 0 Å². The van der Waals surface area contributed by atoms with Crippen LogP contribution < -0.4 is 0 Å². The van der Waals surface area contributed by atoms with Crippen molar-refractivity contribution in [2.24, 2.45) is 11.3 Å². The second-order valence-corrected chi connectivity index (χ2v) is 7.46. The van der Waals surface area contributed by atoms with E-state index in [0.717, 1.165) is 25.9 Å². The maximum atomic E-state index is 12.9. The molecule has 0 aliphatic carbocycles. The van der Waals surface area contributed by atoms with Crippen molar-refractivity contribution in [3.05, 3.63) is 24.2 Å². The average molecular weight is 348 g/mol. The quantitative estimate of drug-likeness (QED) is 0.782. The Morgan fingerprint density at radius 2 is 2.20 bits per heavy atom. The van der Waals surface area contributed by atoms with Crippen molar-refractivity contribution in [2.45, 2.75) is 39.7 Å². The number of likely N-dealkylation sites (tertiary alicyclic amines) is 2. The summed E-state index contributed by atoms with van der Waals surface area (Å²) in [6, 6.07) is 2.07. The SMILES string of the molecule is CCOC(=O)[C@@]12CCCN(C(=O)c3ccoc3)C[C@@H]1CN(C(C)C)C2. The lowest BCUT2D eigenvalue weighted by atomic mass is 9.75. The van der Waals surface area contributed by atoms with Gasteiger partial charge in [0.2, 0.25) is 0 Å². The highest BCUT2D eigenvalue weighted by atomic mass is 16.5. The molecule has 1 aromatic rings. The van der Waals surface area contributed by atoms with Crippen molar-refractivity contribution in [3.8, 4) is 0 Å². The highest BCUT2D eigenvalue weighted by molar-refractivity contribution is 5.94. The number of nitrogens with zero attached hydrogens (tertiary/aromatic N) is 2. The van der Waals surface area contributed by atoms with E-state index in [0.29, 0.717) is 31.3 Å². The first-order chi connectivity index (χ1) is 12.0. The van der Waals surface area contributed by atoms with Gasteiger partial charge in [-0.25, -0.2) is 0 Å². The van der Waals surface area contributed by atoms with E-state index < -0.39 is 5.41 Å². The molecule has 0 aromatic carbocycles. The number of furan rings is 1. The number of rotatable bonds is 4. The lowest BCUT2D eigenvalue weighted by Gasteiger charge is -2.31. The molecule has 6 nitrogen and oxygen atoms in total. The number of hydrogen-bond acceptors (Lipinski definition) is 5. The van der Waals surface area contributed by atoms with Crippen molar-refractivity contribution >= 4 is 11.9 Å². The summed E-state index contributed by atoms with van der Waals surface area (Å²) in [5, 5.41) is 0. The smallest absolute Gasteiger partial charge is 0.313 e. The monoisotopic (exact) mass is 348 g/mol. The van der Waals surface area contributed by atoms with Gasteiger partial charge in [0, 0.05) is 38.1 Å². The van der Waals surface area contributed by atoms with Gasteiger partial charge in [0.25, 0.3) is 5.91 Å². The van der Waals surface area contributed by atoms with Crippen LogP contribution in [0.5, 0.6) is 0 Å². The van der Waals surface area contributed by atoms with Crippen LogP contribution in [0, 0.1) is 11.3 Å². The lowest BCUT2D eigenvalue weighted by molar-refractivity contribution is -0.157. The second-order valence-electron chi connectivity index (χ2n) is 7.46. The van der Waals surface area contributed by atoms with E-state index in [9.17, 15) is 9.59 Å². The Morgan fingerprint density at radius 1 is 1.40 bits per heavy atom. The fourth-order valence-electron chi connectivity index (χ4n) is 4.23. The third kappa shape index (κ3) is 3.32. The Labute approximate surface area is 149 Å². The number of hydrogen-bond donors (Lipinski definition) is 0. The van der Waals surface area contributed by atoms with E-state index in [1.165, 1.54) is 12.5 Å². The molecule has 0 spiro atoms. The Morgan fingerprint density at radius 3 is 2.84 bits per heavy atom. The fraction of sp³-hybridized carbons (Fsp3) is 0.684. The Kier molecular flexibility index (Phi) is 5.18. The lowest BCUT2D eigenvalue weighted by Crippen LogP contribution is -2.43. The Bertz CT molecular complexity index is 613. The molecule has 1 amide bonds. The number of carbonyl (C=O) groups is 2. The zero-order chi connectivity index (χ0) is 18.0. The van der Waals surface area contributed by atoms with Crippen LogP contribution in [0.2, 0.25) is 0 Å². The summed E-state index contributed by atoms with van der Waals surface area (Å²) in [5.41, 5.74) is 0.0773. The molecule has 3 heterocycles. The van der Waals surface area contributed by atoms with Crippen LogP contribution in [0.3, 0.4) is 0 Å². The molecule has 3 rings (SSSR count). The number of carbonyl (C=O) groups excluding carboxylic acids is 2. The summed E-state index contributed by atoms with van der Waals surface area (Å²) in [7, 11) is 0. The van der Waals surface area contributed by atoms with E-state index in [1.807, 2.05) is 11.8 Å². The zero-order valence-electron chi connectivity index (χ0n) is 15.4. The van der Waals surface area contributed by atoms with Crippen LogP contribution in [0.4, 0.5) is 0 Å². The predicted octanol–water partition coefficient (Wildman–Crippen LogP) is 2.41. The second kappa shape index (κ2) is 7.20. The number of esters is 1. The molecule has 0 N–H and O–H groups in total. The van der Waals surface area contributed by atoms with E-state index in [-0.39, 0.29) is 17.8 Å². The Balaban J connectivity index is 1.85. The highest BCUT2D eigenvalue weighted by Gasteiger charge is 2.54. The van der Waals surface area contributed by atoms with Gasteiger partial charge in [0.15, 0.2) is 0 Å². The highest BCUT2D eigenvalue weighted by Crippen LogP contribution is 2.44. The van der Waals surface area contributed by atoms with Gasteiger partial charge < -0.3 is 14.1 Å². The number of fused-ring (bicyclic) bond motifs is 1. The molecule has 1 aromatic heterocycles. The van der Waals surface area contributed by atoms with Crippen molar-refractivity contribution in [1.29, 1.82) is 0 Å². The van der Waals surface area contributed by atoms with Gasteiger partial charge >= 0.3 is 5.97 Å². The summed E-state index contributed by atoms with van der Waals surface area (Å²) in [6.45, 7) is 9.36. The Hall–Kier alpha value is -1.82. The normalized spacial score (nSPS) is 27.2. The van der Waals surface area contributed by atoms with Gasteiger partial charge in [-0.15, -0.1) is 0 Å². The summed E-state index contributed by atoms with van der Waals surface area (Å²) in [5.74, 6) is -0.00975. The van der Waals surface area contributed by atoms with E-state index in [4.69, 9.17) is 9.15 Å². The fourth-order valence-corrected chi connectivity index (χ4v) is 4.23. The van der Waals surface area contributed by atoms with E-state index >= 15 is 0 Å². The molecule has 2 aliphatic rings. The number of ether oxygens (including phenoxy) is 1. The number of amides is 1. The van der Waals surface area contributed by atoms with Crippen LogP contribution in [-0.4, -0.2) is 60.5 Å². The standard InChI is InChI=1S/C19H28N2O4/c1-4-25-18(23)19-7-5-8-20(17(22)15-6-9-24-12-15)10-16(19)11-21(13-19)14(2)3/h6,9,12,14,16H,4-5,7-8,10-11,13H2,1-3H3/t16-,19-/m1/s1. The summed E-state index contributed by atoms with van der Waals surface area (Å²) in [6.07, 6.45) is 4.59. The van der Waals surface area contributed by atoms with Crippen LogP contribution in [-0.2, 0) is 9.53 Å². The van der Waals surface area contributed by atoms with Gasteiger partial charge in [0.1, 0.15) is 6.26 Å².